The van der Waals surface area contributed by atoms with Crippen molar-refractivity contribution in [2.24, 2.45) is 5.10 Å². The molecular weight excluding hydrogens is 394 g/mol. The minimum Gasteiger partial charge on any atom is -0.387 e. The molecule has 0 amide bonds. The van der Waals surface area contributed by atoms with Gasteiger partial charge in [0.1, 0.15) is 36.2 Å². The zero-order valence-electron chi connectivity index (χ0n) is 15.4. The Bertz CT molecular complexity index is 834. The molecule has 0 aliphatic heterocycles. The van der Waals surface area contributed by atoms with E-state index in [4.69, 9.17) is 12.2 Å². The van der Waals surface area contributed by atoms with Crippen LogP contribution in [0.15, 0.2) is 65.8 Å². The first-order valence-electron chi connectivity index (χ1n) is 9.06. The van der Waals surface area contributed by atoms with E-state index in [0.29, 0.717) is 12.2 Å². The summed E-state index contributed by atoms with van der Waals surface area (Å²) < 4.78 is 0. The second-order valence-corrected chi connectivity index (χ2v) is 7.06. The molecule has 1 fully saturated rings. The molecule has 0 spiro atoms. The van der Waals surface area contributed by atoms with Crippen LogP contribution in [0.4, 0.5) is 5.69 Å². The SMILES string of the molecule is OC1[C@H](O)[C@H](O)C(=NN(C(=S)NCc2ccccc2)c2ccccc2)[C@H](O)[C@H]1O. The number of aliphatic hydroxyl groups is 5. The normalized spacial score (nSPS) is 28.2. The van der Waals surface area contributed by atoms with Crippen LogP contribution < -0.4 is 10.3 Å². The standard InChI is InChI=1S/C20H23N3O5S/c24-15-14(16(25)18(27)19(28)17(15)26)22-23(13-9-5-2-6-10-13)20(29)21-11-12-7-3-1-4-8-12/h1-10,15-19,24-28H,11H2,(H,21,29)/t15-,16+,17-,18-,19?/m1/s1. The molecule has 1 aliphatic carbocycles. The molecule has 9 heteroatoms. The summed E-state index contributed by atoms with van der Waals surface area (Å²) in [6.07, 6.45) is -8.45. The first-order valence-corrected chi connectivity index (χ1v) is 9.46. The van der Waals surface area contributed by atoms with Crippen LogP contribution in [0.25, 0.3) is 0 Å². The van der Waals surface area contributed by atoms with E-state index in [1.165, 1.54) is 5.01 Å². The van der Waals surface area contributed by atoms with E-state index in [1.54, 1.807) is 24.3 Å². The van der Waals surface area contributed by atoms with Crippen LogP contribution in [-0.2, 0) is 6.54 Å². The zero-order valence-corrected chi connectivity index (χ0v) is 16.2. The molecule has 154 valence electrons. The van der Waals surface area contributed by atoms with Crippen molar-refractivity contribution in [3.05, 3.63) is 66.2 Å². The van der Waals surface area contributed by atoms with Gasteiger partial charge in [0.05, 0.1) is 5.69 Å². The van der Waals surface area contributed by atoms with Crippen LogP contribution in [0, 0.1) is 0 Å². The highest BCUT2D eigenvalue weighted by atomic mass is 32.1. The number of hydrazone groups is 1. The Morgan fingerprint density at radius 1 is 0.828 bits per heavy atom. The maximum atomic E-state index is 10.3. The van der Waals surface area contributed by atoms with Crippen molar-refractivity contribution in [1.29, 1.82) is 0 Å². The predicted octanol–water partition coefficient (Wildman–Crippen LogP) is -0.258. The number of rotatable bonds is 4. The van der Waals surface area contributed by atoms with E-state index in [2.05, 4.69) is 10.4 Å². The van der Waals surface area contributed by atoms with E-state index in [1.807, 2.05) is 36.4 Å². The highest BCUT2D eigenvalue weighted by molar-refractivity contribution is 7.80. The Balaban J connectivity index is 1.89. The summed E-state index contributed by atoms with van der Waals surface area (Å²) in [5.41, 5.74) is 1.23. The van der Waals surface area contributed by atoms with Gasteiger partial charge < -0.3 is 30.8 Å². The van der Waals surface area contributed by atoms with Crippen molar-refractivity contribution in [1.82, 2.24) is 5.32 Å². The van der Waals surface area contributed by atoms with Crippen molar-refractivity contribution in [2.75, 3.05) is 5.01 Å². The van der Waals surface area contributed by atoms with Crippen molar-refractivity contribution < 1.29 is 25.5 Å². The molecular formula is C20H23N3O5S. The predicted molar refractivity (Wildman–Crippen MR) is 112 cm³/mol. The molecule has 0 bridgehead atoms. The van der Waals surface area contributed by atoms with Crippen molar-refractivity contribution in [3.8, 4) is 0 Å². The largest absolute Gasteiger partial charge is 0.387 e. The Morgan fingerprint density at radius 3 is 1.90 bits per heavy atom. The first kappa shape index (κ1) is 21.3. The number of anilines is 1. The molecule has 1 saturated carbocycles. The number of nitrogens with one attached hydrogen (secondary N) is 1. The molecule has 0 aromatic heterocycles. The van der Waals surface area contributed by atoms with Gasteiger partial charge in [0.25, 0.3) is 0 Å². The van der Waals surface area contributed by atoms with Gasteiger partial charge >= 0.3 is 0 Å². The van der Waals surface area contributed by atoms with Crippen LogP contribution in [0.2, 0.25) is 0 Å². The van der Waals surface area contributed by atoms with E-state index >= 15 is 0 Å². The number of hydrogen-bond acceptors (Lipinski definition) is 7. The van der Waals surface area contributed by atoms with Crippen molar-refractivity contribution in [3.63, 3.8) is 0 Å². The number of benzene rings is 2. The lowest BCUT2D eigenvalue weighted by molar-refractivity contribution is -0.130. The zero-order chi connectivity index (χ0) is 21.0. The van der Waals surface area contributed by atoms with Crippen molar-refractivity contribution >= 4 is 28.7 Å². The van der Waals surface area contributed by atoms with Gasteiger partial charge in [0.15, 0.2) is 5.11 Å². The second kappa shape index (κ2) is 9.40. The summed E-state index contributed by atoms with van der Waals surface area (Å²) in [5.74, 6) is 0. The summed E-state index contributed by atoms with van der Waals surface area (Å²) in [6.45, 7) is 0.420. The maximum absolute atomic E-state index is 10.3. The molecule has 3 rings (SSSR count). The number of thiocarbonyl (C=S) groups is 1. The Labute approximate surface area is 173 Å². The topological polar surface area (TPSA) is 129 Å². The molecule has 5 atom stereocenters. The van der Waals surface area contributed by atoms with Crippen LogP contribution >= 0.6 is 12.2 Å². The fourth-order valence-electron chi connectivity index (χ4n) is 2.97. The van der Waals surface area contributed by atoms with Crippen molar-refractivity contribution in [2.45, 2.75) is 37.1 Å². The first-order chi connectivity index (χ1) is 13.9. The smallest absolute Gasteiger partial charge is 0.194 e. The third-order valence-electron chi connectivity index (χ3n) is 4.65. The molecule has 2 aromatic carbocycles. The third-order valence-corrected chi connectivity index (χ3v) is 4.97. The van der Waals surface area contributed by atoms with Gasteiger partial charge in [0.2, 0.25) is 0 Å². The lowest BCUT2D eigenvalue weighted by Gasteiger charge is -2.37. The van der Waals surface area contributed by atoms with Gasteiger partial charge in [0, 0.05) is 6.54 Å². The number of aliphatic hydroxyl groups excluding tert-OH is 5. The summed E-state index contributed by atoms with van der Waals surface area (Å²) >= 11 is 5.45. The summed E-state index contributed by atoms with van der Waals surface area (Å²) in [7, 11) is 0. The molecule has 0 heterocycles. The van der Waals surface area contributed by atoms with Gasteiger partial charge in [-0.25, -0.2) is 5.01 Å². The van der Waals surface area contributed by atoms with Crippen LogP contribution in [0.5, 0.6) is 0 Å². The fourth-order valence-corrected chi connectivity index (χ4v) is 3.19. The molecule has 1 unspecified atom stereocenters. The lowest BCUT2D eigenvalue weighted by atomic mass is 9.85. The van der Waals surface area contributed by atoms with Gasteiger partial charge in [-0.15, -0.1) is 0 Å². The average molecular weight is 417 g/mol. The maximum Gasteiger partial charge on any atom is 0.194 e. The van der Waals surface area contributed by atoms with E-state index in [-0.39, 0.29) is 10.8 Å². The molecule has 6 N–H and O–H groups in total. The lowest BCUT2D eigenvalue weighted by Crippen LogP contribution is -2.62. The molecule has 8 nitrogen and oxygen atoms in total. The summed E-state index contributed by atoms with van der Waals surface area (Å²) in [4.78, 5) is 0. The fraction of sp³-hybridized carbons (Fsp3) is 0.300. The Morgan fingerprint density at radius 2 is 1.34 bits per heavy atom. The second-order valence-electron chi connectivity index (χ2n) is 6.68. The van der Waals surface area contributed by atoms with Gasteiger partial charge in [-0.2, -0.15) is 5.10 Å². The Kier molecular flexibility index (Phi) is 6.91. The van der Waals surface area contributed by atoms with E-state index < -0.39 is 30.5 Å². The Hall–Kier alpha value is -2.40. The highest BCUT2D eigenvalue weighted by Crippen LogP contribution is 2.22. The average Bonchev–Trinajstić information content (AvgIpc) is 2.76. The number of para-hydroxylation sites is 1. The minimum absolute atomic E-state index is 0.182. The van der Waals surface area contributed by atoms with Gasteiger partial charge in [-0.3, -0.25) is 0 Å². The van der Waals surface area contributed by atoms with Gasteiger partial charge in [-0.05, 0) is 29.9 Å². The molecule has 0 saturated heterocycles. The monoisotopic (exact) mass is 417 g/mol. The third kappa shape index (κ3) is 4.78. The molecule has 2 aromatic rings. The van der Waals surface area contributed by atoms with Crippen LogP contribution in [-0.4, -0.2) is 66.9 Å². The summed E-state index contributed by atoms with van der Waals surface area (Å²) in [5, 5.41) is 59.0. The number of hydrogen-bond donors (Lipinski definition) is 6. The van der Waals surface area contributed by atoms with E-state index in [0.717, 1.165) is 5.56 Å². The molecule has 0 radical (unpaired) electrons. The molecule has 1 aliphatic rings. The summed E-state index contributed by atoms with van der Waals surface area (Å²) in [6, 6.07) is 18.4. The minimum atomic E-state index is -1.70. The van der Waals surface area contributed by atoms with Gasteiger partial charge in [-0.1, -0.05) is 48.5 Å². The van der Waals surface area contributed by atoms with Crippen LogP contribution in [0.1, 0.15) is 5.56 Å². The highest BCUT2D eigenvalue weighted by Gasteiger charge is 2.46. The van der Waals surface area contributed by atoms with Crippen LogP contribution in [0.3, 0.4) is 0 Å². The quantitative estimate of drug-likeness (QED) is 0.297. The molecule has 29 heavy (non-hydrogen) atoms. The van der Waals surface area contributed by atoms with E-state index in [9.17, 15) is 25.5 Å². The number of nitrogens with zero attached hydrogens (tertiary/aromatic N) is 2.